The minimum absolute atomic E-state index is 0.0608. The average molecular weight is 1990 g/mol. The topological polar surface area (TPSA) is 161 Å². The Balaban J connectivity index is 0.000000377. The largest absolute Gasteiger partial charge is 0.479 e. The van der Waals surface area contributed by atoms with Gasteiger partial charge in [-0.15, -0.1) is 23.5 Å². The smallest absolute Gasteiger partial charge is 0.334 e. The number of benzene rings is 9. The maximum atomic E-state index is 12.0. The molecule has 0 radical (unpaired) electrons. The Morgan fingerprint density at radius 1 is 0.288 bits per heavy atom. The maximum Gasteiger partial charge on any atom is 0.334 e. The van der Waals surface area contributed by atoms with Crippen molar-refractivity contribution in [2.45, 2.75) is 131 Å². The van der Waals surface area contributed by atoms with Gasteiger partial charge in [0.25, 0.3) is 0 Å². The molecule has 0 spiro atoms. The third-order valence-corrected chi connectivity index (χ3v) is 28.2. The molecule has 0 aromatic heterocycles. The van der Waals surface area contributed by atoms with Gasteiger partial charge in [0.1, 0.15) is 25.2 Å². The highest BCUT2D eigenvalue weighted by Gasteiger charge is 2.48. The molecule has 670 valence electrons. The maximum absolute atomic E-state index is 12.0. The van der Waals surface area contributed by atoms with Crippen LogP contribution in [0.4, 0.5) is 0 Å². The van der Waals surface area contributed by atoms with E-state index in [0.29, 0.717) is 54.0 Å². The van der Waals surface area contributed by atoms with Crippen LogP contribution in [-0.4, -0.2) is 122 Å². The molecule has 0 aliphatic rings. The van der Waals surface area contributed by atoms with Crippen molar-refractivity contribution >= 4 is 244 Å². The molecule has 9 aromatic rings. The second kappa shape index (κ2) is 68.7. The van der Waals surface area contributed by atoms with Crippen LogP contribution in [0.25, 0.3) is 0 Å². The first-order valence-corrected chi connectivity index (χ1v) is 50.7. The van der Waals surface area contributed by atoms with Crippen LogP contribution in [0.5, 0.6) is 11.5 Å². The number of methoxy groups -OCH3 is 1. The van der Waals surface area contributed by atoms with Crippen LogP contribution in [0.1, 0.15) is 143 Å². The number of hydrogen-bond donors (Lipinski definition) is 0. The van der Waals surface area contributed by atoms with Crippen LogP contribution in [0.3, 0.4) is 0 Å². The molecule has 0 heterocycles. The first-order chi connectivity index (χ1) is 60.2. The van der Waals surface area contributed by atoms with Gasteiger partial charge in [-0.25, -0.2) is 19.2 Å². The monoisotopic (exact) mass is 1990 g/mol. The van der Waals surface area contributed by atoms with Crippen LogP contribution in [0.2, 0.25) is 0 Å². The Morgan fingerprint density at radius 3 is 0.832 bits per heavy atom. The zero-order valence-corrected chi connectivity index (χ0v) is 85.4. The van der Waals surface area contributed by atoms with E-state index in [9.17, 15) is 19.2 Å². The van der Waals surface area contributed by atoms with Gasteiger partial charge in [0.05, 0.1) is 46.2 Å². The number of rotatable bonds is 31. The Hall–Kier alpha value is -6.40. The highest BCUT2D eigenvalue weighted by Crippen LogP contribution is 2.40. The molecule has 9 aromatic carbocycles. The van der Waals surface area contributed by atoms with Gasteiger partial charge in [0.2, 0.25) is 31.4 Å². The van der Waals surface area contributed by atoms with Crippen LogP contribution in [-0.2, 0) is 74.3 Å². The summed E-state index contributed by atoms with van der Waals surface area (Å²) in [4.78, 5) is 47.6. The van der Waals surface area contributed by atoms with Crippen molar-refractivity contribution in [1.82, 2.24) is 0 Å². The van der Waals surface area contributed by atoms with Crippen molar-refractivity contribution < 1.29 is 66.5 Å². The van der Waals surface area contributed by atoms with Gasteiger partial charge in [-0.2, -0.15) is 0 Å². The van der Waals surface area contributed by atoms with E-state index in [2.05, 4.69) is 161 Å². The van der Waals surface area contributed by atoms with Crippen molar-refractivity contribution in [3.05, 3.63) is 312 Å². The molecule has 0 saturated carbocycles. The van der Waals surface area contributed by atoms with E-state index in [-0.39, 0.29) is 41.8 Å². The van der Waals surface area contributed by atoms with Crippen LogP contribution in [0.15, 0.2) is 273 Å². The van der Waals surface area contributed by atoms with E-state index in [1.165, 1.54) is 71.7 Å². The highest BCUT2D eigenvalue weighted by atomic mass is 32.2. The molecule has 0 N–H and O–H groups in total. The van der Waals surface area contributed by atoms with Gasteiger partial charge in [0, 0.05) is 45.4 Å². The highest BCUT2D eigenvalue weighted by molar-refractivity contribution is 8.47. The third-order valence-electron chi connectivity index (χ3n) is 15.9. The van der Waals surface area contributed by atoms with Gasteiger partial charge in [-0.1, -0.05) is 332 Å². The predicted molar refractivity (Wildman–Crippen MR) is 565 cm³/mol. The van der Waals surface area contributed by atoms with Gasteiger partial charge in [-0.05, 0) is 231 Å². The number of esters is 4. The Kier molecular flexibility index (Phi) is 61.9. The summed E-state index contributed by atoms with van der Waals surface area (Å²) in [6, 6.07) is 92.0. The minimum atomic E-state index is -1.57. The lowest BCUT2D eigenvalue weighted by molar-refractivity contribution is -0.159. The minimum Gasteiger partial charge on any atom is -0.479 e. The first-order valence-electron chi connectivity index (χ1n) is 39.7. The van der Waals surface area contributed by atoms with Gasteiger partial charge >= 0.3 is 23.9 Å². The van der Waals surface area contributed by atoms with Crippen LogP contribution < -0.4 is 9.47 Å². The number of thiocarbonyl (C=S) groups is 7. The lowest BCUT2D eigenvalue weighted by Crippen LogP contribution is -2.44. The molecule has 0 amide bonds. The van der Waals surface area contributed by atoms with E-state index >= 15 is 0 Å². The number of hydrogen-bond acceptors (Lipinski definition) is 30. The lowest BCUT2D eigenvalue weighted by atomic mass is 10.2. The normalized spacial score (nSPS) is 11.3. The summed E-state index contributed by atoms with van der Waals surface area (Å²) in [6.07, 6.45) is 0. The van der Waals surface area contributed by atoms with E-state index in [1.807, 2.05) is 146 Å². The summed E-state index contributed by atoms with van der Waals surface area (Å²) >= 11 is 49.7. The standard InChI is InChI=1S/C17H18S3.C15H14OS2.C15H14S3.C14H12OS2.C12H20O6S2.C11H18O5S2.C11H14OS2/c1-13(15-9-5-3-6-10-15)19-17(18)20-14(2)16-11-7-4-8-12-16;1-12(13-8-4-2-5-9-13)18-15(17)16-14-10-6-3-7-11-14;16-15(17-11-13-7-3-1-4-8-13)18-12-14-9-5-2-6-10-14;16-14(15-13-9-5-2-6-10-13)17-11-12-7-3-1-4-8-12;1-5-16-9(13)12(3,10(14)17-6-2)20-11(19)18-8-7-15-4;1-5-14-8(12)11(4,9(13)15-6-2)18-10(17)16-7-3;1-3-12-11(13)14-9(2)10-7-5-4-6-8-10/h3-14H,1-2H3;2-12H,1H3;1-10H,11-12H2;1-10H,11H2;5-8H2,1-4H3;5-7H2,1-4H3;4-9H,3H2,1-2H3. The molecule has 0 aliphatic heterocycles. The second-order valence-corrected chi connectivity index (χ2v) is 42.0. The number of thioether (sulfide) groups is 9. The summed E-state index contributed by atoms with van der Waals surface area (Å²) in [5.74, 6) is 1.55. The number of carbonyl (C=O) groups excluding carboxylic acids is 4. The molecule has 4 unspecified atom stereocenters. The van der Waals surface area contributed by atoms with Gasteiger partial charge < -0.3 is 47.4 Å². The van der Waals surface area contributed by atoms with Crippen molar-refractivity contribution in [2.75, 3.05) is 60.0 Å². The molecule has 0 aliphatic carbocycles. The summed E-state index contributed by atoms with van der Waals surface area (Å²) in [7, 11) is 1.53. The summed E-state index contributed by atoms with van der Waals surface area (Å²) < 4.78 is 51.8. The van der Waals surface area contributed by atoms with Crippen molar-refractivity contribution in [1.29, 1.82) is 0 Å². The molecular weight excluding hydrogens is 1880 g/mol. The zero-order chi connectivity index (χ0) is 91.9. The molecule has 4 atom stereocenters. The molecular formula is C95H110O14S16. The fourth-order valence-electron chi connectivity index (χ4n) is 9.47. The fraction of sp³-hybridized carbons (Fsp3) is 0.316. The summed E-state index contributed by atoms with van der Waals surface area (Å²) in [6.45, 7) is 24.1. The Bertz CT molecular complexity index is 4410. The SMILES string of the molecule is CC(SC(=S)Oc1ccccc1)c1ccccc1.CC(SC(=S)SC(C)c1ccccc1)c1ccccc1.CCOC(=O)C(C)(SC(=S)OCC)C(=O)OCC.CCOC(=O)C(C)(SC(=S)OCCOC)C(=O)OCC.CCOC(=S)SC(C)c1ccccc1.S=C(Oc1ccccc1)SCc1ccccc1.S=C(SCc1ccccc1)SCc1ccccc1. The molecule has 0 fully saturated rings. The van der Waals surface area contributed by atoms with Crippen molar-refractivity contribution in [3.63, 3.8) is 0 Å². The summed E-state index contributed by atoms with van der Waals surface area (Å²) in [5.41, 5.74) is 9.08. The fourth-order valence-corrected chi connectivity index (χ4v) is 20.8. The van der Waals surface area contributed by atoms with Gasteiger partial charge in [0.15, 0.2) is 0 Å². The Morgan fingerprint density at radius 2 is 0.536 bits per heavy atom. The van der Waals surface area contributed by atoms with Crippen LogP contribution in [0, 0.1) is 0 Å². The molecule has 0 saturated heterocycles. The lowest BCUT2D eigenvalue weighted by Gasteiger charge is -2.24. The average Bonchev–Trinajstić information content (AvgIpc) is 0.821. The van der Waals surface area contributed by atoms with Crippen LogP contribution >= 0.6 is 191 Å². The third kappa shape index (κ3) is 49.8. The number of carbonyl (C=O) groups is 4. The van der Waals surface area contributed by atoms with Crippen molar-refractivity contribution in [3.8, 4) is 11.5 Å². The predicted octanol–water partition coefficient (Wildman–Crippen LogP) is 27.8. The van der Waals surface area contributed by atoms with Gasteiger partial charge in [-0.3, -0.25) is 0 Å². The van der Waals surface area contributed by atoms with E-state index in [0.717, 1.165) is 59.3 Å². The van der Waals surface area contributed by atoms with E-state index in [4.69, 9.17) is 133 Å². The molecule has 125 heavy (non-hydrogen) atoms. The molecule has 14 nitrogen and oxygen atoms in total. The molecule has 9 rings (SSSR count). The molecule has 30 heteroatoms. The first kappa shape index (κ1) is 113. The van der Waals surface area contributed by atoms with E-state index < -0.39 is 33.4 Å². The second-order valence-electron chi connectivity index (χ2n) is 25.4. The Labute approximate surface area is 816 Å². The summed E-state index contributed by atoms with van der Waals surface area (Å²) in [5, 5.41) is 1.45. The zero-order valence-electron chi connectivity index (χ0n) is 72.3. The molecule has 0 bridgehead atoms. The van der Waals surface area contributed by atoms with E-state index in [1.54, 1.807) is 105 Å². The quantitative estimate of drug-likeness (QED) is 0.0133. The number of para-hydroxylation sites is 2. The number of ether oxygens (including phenoxy) is 10. The van der Waals surface area contributed by atoms with Crippen molar-refractivity contribution in [2.24, 2.45) is 0 Å².